The summed E-state index contributed by atoms with van der Waals surface area (Å²) >= 11 is 0. The molecule has 1 aliphatic heterocycles. The molecule has 0 aliphatic carbocycles. The minimum absolute atomic E-state index is 0.0630. The Morgan fingerprint density at radius 2 is 2.10 bits per heavy atom. The lowest BCUT2D eigenvalue weighted by molar-refractivity contribution is -0.0502. The summed E-state index contributed by atoms with van der Waals surface area (Å²) in [5, 5.41) is 9.37. The third kappa shape index (κ3) is 3.69. The second kappa shape index (κ2) is 8.34. The van der Waals surface area contributed by atoms with Crippen LogP contribution in [-0.4, -0.2) is 52.1 Å². The van der Waals surface area contributed by atoms with Crippen molar-refractivity contribution in [1.29, 1.82) is 0 Å². The van der Waals surface area contributed by atoms with Crippen LogP contribution in [0.1, 0.15) is 23.4 Å². The van der Waals surface area contributed by atoms with Crippen LogP contribution < -0.4 is 5.32 Å². The smallest absolute Gasteiger partial charge is 0.163 e. The predicted octanol–water partition coefficient (Wildman–Crippen LogP) is 3.45. The number of ether oxygens (including phenoxy) is 2. The Labute approximate surface area is 181 Å². The molecular weight excluding hydrogens is 390 g/mol. The van der Waals surface area contributed by atoms with E-state index in [1.807, 2.05) is 35.1 Å². The fraction of sp³-hybridized carbons (Fsp3) is 0.375. The average Bonchev–Trinajstić information content (AvgIpc) is 3.24. The minimum Gasteiger partial charge on any atom is -0.379 e. The third-order valence-corrected chi connectivity index (χ3v) is 6.32. The van der Waals surface area contributed by atoms with Crippen molar-refractivity contribution < 1.29 is 9.47 Å². The Hall–Kier alpha value is -2.87. The fourth-order valence-electron chi connectivity index (χ4n) is 4.27. The summed E-state index contributed by atoms with van der Waals surface area (Å²) in [5.74, 6) is 0. The van der Waals surface area contributed by atoms with Gasteiger partial charge in [-0.25, -0.2) is 9.50 Å². The molecule has 2 unspecified atom stereocenters. The third-order valence-electron chi connectivity index (χ3n) is 6.32. The Morgan fingerprint density at radius 3 is 2.97 bits per heavy atom. The number of hydrogen-bond donors (Lipinski definition) is 1. The van der Waals surface area contributed by atoms with Gasteiger partial charge < -0.3 is 14.8 Å². The molecule has 0 amide bonds. The minimum atomic E-state index is 0.0630. The molecule has 0 radical (unpaired) electrons. The van der Waals surface area contributed by atoms with Gasteiger partial charge in [-0.15, -0.1) is 0 Å². The summed E-state index contributed by atoms with van der Waals surface area (Å²) < 4.78 is 13.1. The van der Waals surface area contributed by atoms with E-state index in [2.05, 4.69) is 41.4 Å². The lowest BCUT2D eigenvalue weighted by Crippen LogP contribution is -2.47. The van der Waals surface area contributed by atoms with Crippen molar-refractivity contribution in [2.45, 2.75) is 39.0 Å². The van der Waals surface area contributed by atoms with Crippen LogP contribution in [0.4, 0.5) is 0 Å². The lowest BCUT2D eigenvalue weighted by atomic mass is 10.1. The van der Waals surface area contributed by atoms with Crippen molar-refractivity contribution in [1.82, 2.24) is 24.9 Å². The van der Waals surface area contributed by atoms with Crippen molar-refractivity contribution in [2.24, 2.45) is 0 Å². The number of aryl methyl sites for hydroxylation is 1. The first-order valence-electron chi connectivity index (χ1n) is 10.7. The molecule has 0 bridgehead atoms. The van der Waals surface area contributed by atoms with Crippen molar-refractivity contribution in [3.8, 4) is 11.1 Å². The number of methoxy groups -OCH3 is 1. The highest BCUT2D eigenvalue weighted by Gasteiger charge is 2.25. The van der Waals surface area contributed by atoms with Gasteiger partial charge in [0.2, 0.25) is 0 Å². The normalized spacial score (nSPS) is 19.3. The Bertz CT molecular complexity index is 1240. The lowest BCUT2D eigenvalue weighted by Gasteiger charge is -2.31. The summed E-state index contributed by atoms with van der Waals surface area (Å²) in [6.07, 6.45) is 4.78. The van der Waals surface area contributed by atoms with Crippen LogP contribution in [0.3, 0.4) is 0 Å². The molecule has 3 aromatic heterocycles. The van der Waals surface area contributed by atoms with E-state index in [-0.39, 0.29) is 12.1 Å². The molecule has 4 heterocycles. The van der Waals surface area contributed by atoms with Gasteiger partial charge in [-0.1, -0.05) is 18.2 Å². The quantitative estimate of drug-likeness (QED) is 0.536. The monoisotopic (exact) mass is 417 g/mol. The summed E-state index contributed by atoms with van der Waals surface area (Å²) in [7, 11) is 1.74. The zero-order valence-corrected chi connectivity index (χ0v) is 18.1. The topological polar surface area (TPSA) is 73.6 Å². The van der Waals surface area contributed by atoms with E-state index in [9.17, 15) is 0 Å². The van der Waals surface area contributed by atoms with Gasteiger partial charge in [0.05, 0.1) is 30.1 Å². The van der Waals surface area contributed by atoms with Crippen LogP contribution in [0.25, 0.3) is 27.7 Å². The maximum absolute atomic E-state index is 5.59. The summed E-state index contributed by atoms with van der Waals surface area (Å²) in [5.41, 5.74) is 7.12. The maximum atomic E-state index is 5.59. The number of nitrogens with zero attached hydrogens (tertiary/aromatic N) is 4. The van der Waals surface area contributed by atoms with Gasteiger partial charge in [0.1, 0.15) is 0 Å². The highest BCUT2D eigenvalue weighted by molar-refractivity contribution is 5.86. The molecule has 31 heavy (non-hydrogen) atoms. The SMILES string of the molecule is COC1COCCC1NCc1nc2c(-c3cnc4ccccc4c3)cnn2c(C)c1C. The number of aromatic nitrogens is 4. The molecule has 1 aliphatic rings. The zero-order valence-electron chi connectivity index (χ0n) is 18.1. The summed E-state index contributed by atoms with van der Waals surface area (Å²) in [6, 6.07) is 10.5. The summed E-state index contributed by atoms with van der Waals surface area (Å²) in [6.45, 7) is 6.25. The van der Waals surface area contributed by atoms with E-state index in [0.717, 1.165) is 57.7 Å². The number of pyridine rings is 1. The first-order chi connectivity index (χ1) is 15.2. The van der Waals surface area contributed by atoms with Gasteiger partial charge in [0.25, 0.3) is 0 Å². The van der Waals surface area contributed by atoms with Crippen molar-refractivity contribution in [3.63, 3.8) is 0 Å². The van der Waals surface area contributed by atoms with Crippen LogP contribution in [0, 0.1) is 13.8 Å². The van der Waals surface area contributed by atoms with Gasteiger partial charge in [-0.3, -0.25) is 4.98 Å². The predicted molar refractivity (Wildman–Crippen MR) is 120 cm³/mol. The van der Waals surface area contributed by atoms with E-state index in [4.69, 9.17) is 14.5 Å². The molecule has 1 N–H and O–H groups in total. The van der Waals surface area contributed by atoms with Crippen LogP contribution in [0.2, 0.25) is 0 Å². The van der Waals surface area contributed by atoms with E-state index in [1.165, 1.54) is 0 Å². The van der Waals surface area contributed by atoms with Gasteiger partial charge >= 0.3 is 0 Å². The van der Waals surface area contributed by atoms with Crippen LogP contribution >= 0.6 is 0 Å². The van der Waals surface area contributed by atoms with Crippen molar-refractivity contribution in [2.75, 3.05) is 20.3 Å². The highest BCUT2D eigenvalue weighted by Crippen LogP contribution is 2.27. The number of fused-ring (bicyclic) bond motifs is 2. The van der Waals surface area contributed by atoms with E-state index < -0.39 is 0 Å². The molecule has 0 spiro atoms. The second-order valence-corrected chi connectivity index (χ2v) is 8.10. The van der Waals surface area contributed by atoms with E-state index in [0.29, 0.717) is 13.2 Å². The van der Waals surface area contributed by atoms with Crippen LogP contribution in [-0.2, 0) is 16.0 Å². The van der Waals surface area contributed by atoms with E-state index >= 15 is 0 Å². The van der Waals surface area contributed by atoms with Gasteiger partial charge in [-0.2, -0.15) is 5.10 Å². The average molecular weight is 418 g/mol. The van der Waals surface area contributed by atoms with Gasteiger partial charge in [-0.05, 0) is 38.0 Å². The molecule has 7 heteroatoms. The van der Waals surface area contributed by atoms with Crippen LogP contribution in [0.5, 0.6) is 0 Å². The Morgan fingerprint density at radius 1 is 1.23 bits per heavy atom. The Balaban J connectivity index is 1.50. The second-order valence-electron chi connectivity index (χ2n) is 8.10. The standard InChI is InChI=1S/C24H27N5O2/c1-15-16(2)29-24(28-22(15)13-26-21-8-9-31-14-23(21)30-3)19(12-27-29)18-10-17-6-4-5-7-20(17)25-11-18/h4-7,10-12,21,23,26H,8-9,13-14H2,1-3H3. The summed E-state index contributed by atoms with van der Waals surface area (Å²) in [4.78, 5) is 9.64. The molecule has 1 saturated heterocycles. The van der Waals surface area contributed by atoms with Gasteiger partial charge in [0.15, 0.2) is 5.65 Å². The van der Waals surface area contributed by atoms with Crippen molar-refractivity contribution in [3.05, 3.63) is 59.7 Å². The molecule has 5 rings (SSSR count). The number of para-hydroxylation sites is 1. The first kappa shape index (κ1) is 20.1. The first-order valence-corrected chi connectivity index (χ1v) is 10.7. The highest BCUT2D eigenvalue weighted by atomic mass is 16.5. The molecule has 7 nitrogen and oxygen atoms in total. The molecule has 160 valence electrons. The Kier molecular flexibility index (Phi) is 5.40. The number of rotatable bonds is 5. The molecule has 0 saturated carbocycles. The fourth-order valence-corrected chi connectivity index (χ4v) is 4.27. The molecular formula is C24H27N5O2. The molecule has 2 atom stereocenters. The molecule has 1 aromatic carbocycles. The van der Waals surface area contributed by atoms with Crippen molar-refractivity contribution >= 4 is 16.6 Å². The number of benzene rings is 1. The zero-order chi connectivity index (χ0) is 21.4. The maximum Gasteiger partial charge on any atom is 0.163 e. The van der Waals surface area contributed by atoms with Gasteiger partial charge in [0, 0.05) is 54.7 Å². The largest absolute Gasteiger partial charge is 0.379 e. The van der Waals surface area contributed by atoms with E-state index in [1.54, 1.807) is 7.11 Å². The molecule has 1 fully saturated rings. The number of hydrogen-bond acceptors (Lipinski definition) is 6. The van der Waals surface area contributed by atoms with Crippen LogP contribution in [0.15, 0.2) is 42.7 Å². The molecule has 4 aromatic rings. The number of nitrogens with one attached hydrogen (secondary N) is 1.